The predicted molar refractivity (Wildman–Crippen MR) is 109 cm³/mol. The molecular weight excluding hydrogens is 396 g/mol. The molecule has 8 heteroatoms. The van der Waals surface area contributed by atoms with E-state index in [0.717, 1.165) is 10.2 Å². The van der Waals surface area contributed by atoms with E-state index in [1.165, 1.54) is 23.5 Å². The Balaban J connectivity index is 1.56. The molecule has 6 nitrogen and oxygen atoms in total. The summed E-state index contributed by atoms with van der Waals surface area (Å²) in [5, 5.41) is 3.36. The summed E-state index contributed by atoms with van der Waals surface area (Å²) in [6.07, 6.45) is 0. The molecular formula is C20H16N2O4S2. The van der Waals surface area contributed by atoms with E-state index in [4.69, 9.17) is 4.42 Å². The maximum absolute atomic E-state index is 12.5. The van der Waals surface area contributed by atoms with Crippen molar-refractivity contribution in [2.24, 2.45) is 0 Å². The van der Waals surface area contributed by atoms with E-state index in [0.29, 0.717) is 16.5 Å². The Hall–Kier alpha value is -2.97. The molecule has 0 aliphatic heterocycles. The van der Waals surface area contributed by atoms with Gasteiger partial charge in [0.05, 0.1) is 20.9 Å². The van der Waals surface area contributed by atoms with Crippen molar-refractivity contribution in [2.45, 2.75) is 11.8 Å². The summed E-state index contributed by atoms with van der Waals surface area (Å²) in [4.78, 5) is 17.2. The molecule has 0 atom stereocenters. The topological polar surface area (TPSA) is 89.3 Å². The van der Waals surface area contributed by atoms with Gasteiger partial charge < -0.3 is 9.73 Å². The second-order valence-corrected chi connectivity index (χ2v) is 9.34. The number of aromatic nitrogens is 1. The summed E-state index contributed by atoms with van der Waals surface area (Å²) in [6.45, 7) is 1.58. The lowest BCUT2D eigenvalue weighted by molar-refractivity contribution is 0.0997. The lowest BCUT2D eigenvalue weighted by atomic mass is 10.3. The van der Waals surface area contributed by atoms with Gasteiger partial charge in [-0.25, -0.2) is 13.4 Å². The Bertz CT molecular complexity index is 1240. The highest BCUT2D eigenvalue weighted by atomic mass is 32.2. The Labute approximate surface area is 165 Å². The molecule has 0 fully saturated rings. The van der Waals surface area contributed by atoms with Crippen molar-refractivity contribution in [3.05, 3.63) is 66.4 Å². The van der Waals surface area contributed by atoms with Crippen molar-refractivity contribution in [2.75, 3.05) is 11.1 Å². The van der Waals surface area contributed by atoms with Crippen LogP contribution in [0.3, 0.4) is 0 Å². The molecule has 0 bridgehead atoms. The highest BCUT2D eigenvalue weighted by Gasteiger charge is 2.17. The maximum atomic E-state index is 12.5. The number of amides is 1. The first-order chi connectivity index (χ1) is 13.5. The number of thiazole rings is 1. The van der Waals surface area contributed by atoms with Gasteiger partial charge in [0.1, 0.15) is 0 Å². The van der Waals surface area contributed by atoms with Crippen molar-refractivity contribution in [1.29, 1.82) is 0 Å². The first kappa shape index (κ1) is 18.4. The Morgan fingerprint density at radius 3 is 2.71 bits per heavy atom. The summed E-state index contributed by atoms with van der Waals surface area (Å²) >= 11 is 1.48. The average molecular weight is 412 g/mol. The van der Waals surface area contributed by atoms with E-state index in [1.807, 2.05) is 24.3 Å². The SMILES string of the molecule is CCS(=O)(=O)c1cccc(NC(=O)c2ccc(-c3nc4ccccc4s3)o2)c1. The minimum absolute atomic E-state index is 0.00584. The van der Waals surface area contributed by atoms with Crippen molar-refractivity contribution < 1.29 is 17.6 Å². The number of carbonyl (C=O) groups is 1. The zero-order chi connectivity index (χ0) is 19.7. The lowest BCUT2D eigenvalue weighted by Crippen LogP contribution is -2.11. The number of rotatable bonds is 5. The molecule has 0 saturated heterocycles. The molecule has 142 valence electrons. The van der Waals surface area contributed by atoms with E-state index in [2.05, 4.69) is 10.3 Å². The van der Waals surface area contributed by atoms with Crippen LogP contribution in [0.4, 0.5) is 5.69 Å². The van der Waals surface area contributed by atoms with Crippen LogP contribution >= 0.6 is 11.3 Å². The molecule has 4 aromatic rings. The fourth-order valence-corrected chi connectivity index (χ4v) is 4.53. The standard InChI is InChI=1S/C20H16N2O4S2/c1-2-28(24,25)14-7-5-6-13(12-14)21-19(23)16-10-11-17(26-16)20-22-15-8-3-4-9-18(15)27-20/h3-12H,2H2,1H3,(H,21,23). The molecule has 0 unspecified atom stereocenters. The maximum Gasteiger partial charge on any atom is 0.291 e. The number of hydrogen-bond acceptors (Lipinski definition) is 6. The number of carbonyl (C=O) groups excluding carboxylic acids is 1. The number of benzene rings is 2. The predicted octanol–water partition coefficient (Wildman–Crippen LogP) is 4.60. The third kappa shape index (κ3) is 3.56. The van der Waals surface area contributed by atoms with Crippen LogP contribution in [0.1, 0.15) is 17.5 Å². The van der Waals surface area contributed by atoms with Crippen LogP contribution in [0.2, 0.25) is 0 Å². The number of furan rings is 1. The molecule has 0 radical (unpaired) electrons. The van der Waals surface area contributed by atoms with Gasteiger partial charge in [0.2, 0.25) is 0 Å². The smallest absolute Gasteiger partial charge is 0.291 e. The van der Waals surface area contributed by atoms with Gasteiger partial charge in [-0.1, -0.05) is 25.1 Å². The van der Waals surface area contributed by atoms with Crippen LogP contribution < -0.4 is 5.32 Å². The van der Waals surface area contributed by atoms with E-state index in [9.17, 15) is 13.2 Å². The number of anilines is 1. The van der Waals surface area contributed by atoms with Crippen LogP contribution in [0, 0.1) is 0 Å². The van der Waals surface area contributed by atoms with Crippen molar-refractivity contribution in [1.82, 2.24) is 4.98 Å². The summed E-state index contributed by atoms with van der Waals surface area (Å²) in [6, 6.07) is 17.2. The average Bonchev–Trinajstić information content (AvgIpc) is 3.35. The molecule has 1 amide bonds. The van der Waals surface area contributed by atoms with Gasteiger partial charge in [-0.3, -0.25) is 4.79 Å². The number of sulfone groups is 1. The molecule has 4 rings (SSSR count). The quantitative estimate of drug-likeness (QED) is 0.517. The molecule has 2 aromatic carbocycles. The number of nitrogens with zero attached hydrogens (tertiary/aromatic N) is 1. The van der Waals surface area contributed by atoms with Gasteiger partial charge in [0, 0.05) is 5.69 Å². The summed E-state index contributed by atoms with van der Waals surface area (Å²) in [7, 11) is -3.35. The van der Waals surface area contributed by atoms with Crippen LogP contribution in [-0.2, 0) is 9.84 Å². The molecule has 0 aliphatic carbocycles. The monoisotopic (exact) mass is 412 g/mol. The number of hydrogen-bond donors (Lipinski definition) is 1. The van der Waals surface area contributed by atoms with Gasteiger partial charge in [-0.15, -0.1) is 11.3 Å². The lowest BCUT2D eigenvalue weighted by Gasteiger charge is -2.06. The second kappa shape index (κ2) is 7.21. The van der Waals surface area contributed by atoms with Gasteiger partial charge in [0.15, 0.2) is 26.4 Å². The minimum atomic E-state index is -3.35. The van der Waals surface area contributed by atoms with Crippen LogP contribution in [-0.4, -0.2) is 25.1 Å². The number of nitrogens with one attached hydrogen (secondary N) is 1. The first-order valence-corrected chi connectivity index (χ1v) is 11.0. The Kier molecular flexibility index (Phi) is 4.74. The second-order valence-electron chi connectivity index (χ2n) is 6.04. The Morgan fingerprint density at radius 2 is 1.93 bits per heavy atom. The number of fused-ring (bicyclic) bond motifs is 1. The van der Waals surface area contributed by atoms with Gasteiger partial charge in [0.25, 0.3) is 5.91 Å². The summed E-state index contributed by atoms with van der Waals surface area (Å²) in [5.74, 6) is 0.166. The van der Waals surface area contributed by atoms with Crippen molar-refractivity contribution in [3.8, 4) is 10.8 Å². The molecule has 2 aromatic heterocycles. The molecule has 0 spiro atoms. The van der Waals surface area contributed by atoms with Crippen LogP contribution in [0.5, 0.6) is 0 Å². The molecule has 28 heavy (non-hydrogen) atoms. The third-order valence-electron chi connectivity index (χ3n) is 4.17. The van der Waals surface area contributed by atoms with Crippen molar-refractivity contribution >= 4 is 43.0 Å². The van der Waals surface area contributed by atoms with E-state index in [1.54, 1.807) is 31.2 Å². The van der Waals surface area contributed by atoms with Crippen molar-refractivity contribution in [3.63, 3.8) is 0 Å². The fourth-order valence-electron chi connectivity index (χ4n) is 2.68. The highest BCUT2D eigenvalue weighted by molar-refractivity contribution is 7.91. The molecule has 0 saturated carbocycles. The normalized spacial score (nSPS) is 11.6. The van der Waals surface area contributed by atoms with E-state index in [-0.39, 0.29) is 16.4 Å². The summed E-state index contributed by atoms with van der Waals surface area (Å²) < 4.78 is 30.7. The summed E-state index contributed by atoms with van der Waals surface area (Å²) in [5.41, 5.74) is 1.26. The minimum Gasteiger partial charge on any atom is -0.448 e. The van der Waals surface area contributed by atoms with Crippen LogP contribution in [0.25, 0.3) is 21.0 Å². The number of para-hydroxylation sites is 1. The highest BCUT2D eigenvalue weighted by Crippen LogP contribution is 2.31. The van der Waals surface area contributed by atoms with Crippen LogP contribution in [0.15, 0.2) is 70.0 Å². The molecule has 2 heterocycles. The van der Waals surface area contributed by atoms with Gasteiger partial charge in [-0.2, -0.15) is 0 Å². The van der Waals surface area contributed by atoms with Gasteiger partial charge >= 0.3 is 0 Å². The zero-order valence-corrected chi connectivity index (χ0v) is 16.5. The van der Waals surface area contributed by atoms with E-state index < -0.39 is 15.7 Å². The van der Waals surface area contributed by atoms with Gasteiger partial charge in [-0.05, 0) is 42.5 Å². The van der Waals surface area contributed by atoms with E-state index >= 15 is 0 Å². The fraction of sp³-hybridized carbons (Fsp3) is 0.100. The largest absolute Gasteiger partial charge is 0.448 e. The first-order valence-electron chi connectivity index (χ1n) is 8.56. The molecule has 0 aliphatic rings. The molecule has 1 N–H and O–H groups in total. The third-order valence-corrected chi connectivity index (χ3v) is 6.95. The zero-order valence-electron chi connectivity index (χ0n) is 14.9. The Morgan fingerprint density at radius 1 is 1.11 bits per heavy atom.